The molecular formula is C18H27N5O3. The van der Waals surface area contributed by atoms with Crippen molar-refractivity contribution in [3.63, 3.8) is 0 Å². The van der Waals surface area contributed by atoms with Gasteiger partial charge in [-0.3, -0.25) is 9.59 Å². The molecule has 2 aliphatic heterocycles. The second-order valence-electron chi connectivity index (χ2n) is 7.70. The molecule has 2 saturated heterocycles. The molecule has 1 aliphatic carbocycles. The van der Waals surface area contributed by atoms with Crippen LogP contribution in [0.25, 0.3) is 0 Å². The van der Waals surface area contributed by atoms with Crippen molar-refractivity contribution >= 4 is 11.8 Å². The summed E-state index contributed by atoms with van der Waals surface area (Å²) in [6.07, 6.45) is 6.04. The topological polar surface area (TPSA) is 91.6 Å². The van der Waals surface area contributed by atoms with Crippen molar-refractivity contribution in [2.24, 2.45) is 0 Å². The lowest BCUT2D eigenvalue weighted by Crippen LogP contribution is -2.45. The highest BCUT2D eigenvalue weighted by atomic mass is 16.5. The van der Waals surface area contributed by atoms with Gasteiger partial charge >= 0.3 is 0 Å². The van der Waals surface area contributed by atoms with E-state index in [0.29, 0.717) is 49.7 Å². The monoisotopic (exact) mass is 361 g/mol. The van der Waals surface area contributed by atoms with Crippen LogP contribution in [0.15, 0.2) is 4.52 Å². The van der Waals surface area contributed by atoms with Crippen LogP contribution in [0.2, 0.25) is 0 Å². The van der Waals surface area contributed by atoms with Gasteiger partial charge < -0.3 is 19.6 Å². The first-order valence-electron chi connectivity index (χ1n) is 9.76. The van der Waals surface area contributed by atoms with E-state index in [2.05, 4.69) is 15.5 Å². The molecule has 3 heterocycles. The number of likely N-dealkylation sites (N-methyl/N-ethyl adjacent to an activating group) is 1. The summed E-state index contributed by atoms with van der Waals surface area (Å²) in [6, 6.07) is 0.593. The van der Waals surface area contributed by atoms with Crippen molar-refractivity contribution in [3.05, 3.63) is 11.7 Å². The molecule has 3 fully saturated rings. The third kappa shape index (κ3) is 3.60. The maximum Gasteiger partial charge on any atom is 0.242 e. The molecule has 0 radical (unpaired) electrons. The molecular weight excluding hydrogens is 334 g/mol. The molecule has 8 heteroatoms. The van der Waals surface area contributed by atoms with Crippen molar-refractivity contribution in [2.75, 3.05) is 19.6 Å². The molecule has 1 aromatic heterocycles. The maximum absolute atomic E-state index is 12.7. The average Bonchev–Trinajstić information content (AvgIpc) is 3.16. The van der Waals surface area contributed by atoms with E-state index in [-0.39, 0.29) is 24.4 Å². The van der Waals surface area contributed by atoms with Gasteiger partial charge in [-0.25, -0.2) is 0 Å². The van der Waals surface area contributed by atoms with Crippen LogP contribution < -0.4 is 5.32 Å². The van der Waals surface area contributed by atoms with Gasteiger partial charge in [-0.1, -0.05) is 11.6 Å². The quantitative estimate of drug-likeness (QED) is 0.814. The molecule has 0 unspecified atom stereocenters. The minimum absolute atomic E-state index is 0.0615. The van der Waals surface area contributed by atoms with Gasteiger partial charge in [-0.2, -0.15) is 4.98 Å². The smallest absolute Gasteiger partial charge is 0.242 e. The van der Waals surface area contributed by atoms with E-state index in [1.54, 1.807) is 9.80 Å². The molecule has 1 saturated carbocycles. The van der Waals surface area contributed by atoms with Crippen LogP contribution in [0.3, 0.4) is 0 Å². The van der Waals surface area contributed by atoms with Crippen LogP contribution in [0.5, 0.6) is 0 Å². The van der Waals surface area contributed by atoms with Crippen LogP contribution >= 0.6 is 0 Å². The molecule has 2 amide bonds. The summed E-state index contributed by atoms with van der Waals surface area (Å²) < 4.78 is 5.34. The molecule has 2 atom stereocenters. The Hall–Kier alpha value is -1.96. The molecule has 1 N–H and O–H groups in total. The van der Waals surface area contributed by atoms with Crippen molar-refractivity contribution in [3.8, 4) is 0 Å². The number of fused-ring (bicyclic) bond motifs is 2. The molecule has 0 spiro atoms. The number of rotatable bonds is 6. The first-order chi connectivity index (χ1) is 12.6. The zero-order valence-corrected chi connectivity index (χ0v) is 15.3. The number of carbonyl (C=O) groups excluding carboxylic acids is 2. The molecule has 4 rings (SSSR count). The van der Waals surface area contributed by atoms with Crippen molar-refractivity contribution in [2.45, 2.75) is 70.0 Å². The van der Waals surface area contributed by atoms with Crippen LogP contribution in [0.4, 0.5) is 0 Å². The summed E-state index contributed by atoms with van der Waals surface area (Å²) in [5.41, 5.74) is 0. The summed E-state index contributed by atoms with van der Waals surface area (Å²) in [4.78, 5) is 33.0. The van der Waals surface area contributed by atoms with Crippen molar-refractivity contribution < 1.29 is 14.1 Å². The summed E-state index contributed by atoms with van der Waals surface area (Å²) >= 11 is 0. The lowest BCUT2D eigenvalue weighted by atomic mass is 9.85. The van der Waals surface area contributed by atoms with Gasteiger partial charge in [0.25, 0.3) is 0 Å². The minimum atomic E-state index is -0.0615. The lowest BCUT2D eigenvalue weighted by molar-refractivity contribution is -0.140. The number of amides is 2. The maximum atomic E-state index is 12.7. The van der Waals surface area contributed by atoms with E-state index >= 15 is 0 Å². The third-order valence-electron chi connectivity index (χ3n) is 5.88. The fourth-order valence-corrected chi connectivity index (χ4v) is 4.03. The highest BCUT2D eigenvalue weighted by Crippen LogP contribution is 2.35. The summed E-state index contributed by atoms with van der Waals surface area (Å²) in [5.74, 6) is 1.64. The predicted octanol–water partition coefficient (Wildman–Crippen LogP) is 1.04. The van der Waals surface area contributed by atoms with Gasteiger partial charge in [0.2, 0.25) is 17.7 Å². The van der Waals surface area contributed by atoms with Crippen LogP contribution in [0, 0.1) is 0 Å². The standard InChI is InChI=1S/C18H27N5O3/c1-2-22(10-15-20-18(26-21-15)12-4-3-5-12)17(25)11-23-9-14-7-6-13(19-14)8-16(23)24/h12-14,19H,2-11H2,1H3/t13-,14+/m1/s1. The Morgan fingerprint density at radius 3 is 2.85 bits per heavy atom. The molecule has 1 aromatic rings. The van der Waals surface area contributed by atoms with Crippen molar-refractivity contribution in [1.29, 1.82) is 0 Å². The largest absolute Gasteiger partial charge is 0.339 e. The Morgan fingerprint density at radius 1 is 1.31 bits per heavy atom. The predicted molar refractivity (Wildman–Crippen MR) is 93.1 cm³/mol. The molecule has 3 aliphatic rings. The van der Waals surface area contributed by atoms with Gasteiger partial charge in [0.1, 0.15) is 0 Å². The van der Waals surface area contributed by atoms with Crippen LogP contribution in [0.1, 0.15) is 63.1 Å². The van der Waals surface area contributed by atoms with Gasteiger partial charge in [0, 0.05) is 37.5 Å². The zero-order valence-electron chi connectivity index (χ0n) is 15.3. The highest BCUT2D eigenvalue weighted by Gasteiger charge is 2.34. The Kier molecular flexibility index (Phi) is 4.93. The van der Waals surface area contributed by atoms with Gasteiger partial charge in [-0.15, -0.1) is 0 Å². The second-order valence-corrected chi connectivity index (χ2v) is 7.70. The van der Waals surface area contributed by atoms with E-state index in [1.807, 2.05) is 6.92 Å². The number of aromatic nitrogens is 2. The molecule has 26 heavy (non-hydrogen) atoms. The number of carbonyl (C=O) groups is 2. The van der Waals surface area contributed by atoms with E-state index in [1.165, 1.54) is 6.42 Å². The number of likely N-dealkylation sites (tertiary alicyclic amines) is 1. The molecule has 8 nitrogen and oxygen atoms in total. The lowest BCUT2D eigenvalue weighted by Gasteiger charge is -2.27. The molecule has 2 bridgehead atoms. The molecule has 0 aromatic carbocycles. The Bertz CT molecular complexity index is 672. The summed E-state index contributed by atoms with van der Waals surface area (Å²) in [7, 11) is 0. The first-order valence-corrected chi connectivity index (χ1v) is 9.76. The van der Waals surface area contributed by atoms with E-state index in [0.717, 1.165) is 25.7 Å². The van der Waals surface area contributed by atoms with Crippen LogP contribution in [-0.2, 0) is 16.1 Å². The van der Waals surface area contributed by atoms with Crippen molar-refractivity contribution in [1.82, 2.24) is 25.3 Å². The summed E-state index contributed by atoms with van der Waals surface area (Å²) in [6.45, 7) is 3.56. The van der Waals surface area contributed by atoms with E-state index in [9.17, 15) is 9.59 Å². The zero-order chi connectivity index (χ0) is 18.1. The first kappa shape index (κ1) is 17.5. The third-order valence-corrected chi connectivity index (χ3v) is 5.88. The number of hydrogen-bond donors (Lipinski definition) is 1. The van der Waals surface area contributed by atoms with Crippen LogP contribution in [-0.4, -0.2) is 63.5 Å². The Balaban J connectivity index is 1.35. The number of nitrogens with one attached hydrogen (secondary N) is 1. The summed E-state index contributed by atoms with van der Waals surface area (Å²) in [5, 5.41) is 7.50. The SMILES string of the molecule is CCN(Cc1noc(C2CCC2)n1)C(=O)CN1C[C@@H]2CC[C@H](CC1=O)N2. The number of hydrogen-bond acceptors (Lipinski definition) is 6. The highest BCUT2D eigenvalue weighted by molar-refractivity contribution is 5.85. The normalized spacial score (nSPS) is 25.9. The van der Waals surface area contributed by atoms with Gasteiger partial charge in [0.15, 0.2) is 5.82 Å². The second kappa shape index (κ2) is 7.34. The number of nitrogens with zero attached hydrogens (tertiary/aromatic N) is 4. The molecule has 142 valence electrons. The average molecular weight is 361 g/mol. The Morgan fingerprint density at radius 2 is 2.12 bits per heavy atom. The van der Waals surface area contributed by atoms with E-state index < -0.39 is 0 Å². The fourth-order valence-electron chi connectivity index (χ4n) is 4.03. The van der Waals surface area contributed by atoms with Gasteiger partial charge in [-0.05, 0) is 32.6 Å². The Labute approximate surface area is 153 Å². The van der Waals surface area contributed by atoms with Gasteiger partial charge in [0.05, 0.1) is 13.1 Å². The minimum Gasteiger partial charge on any atom is -0.339 e. The van der Waals surface area contributed by atoms with E-state index in [4.69, 9.17) is 4.52 Å². The fraction of sp³-hybridized carbons (Fsp3) is 0.778.